The molecule has 4 nitrogen and oxygen atoms in total. The summed E-state index contributed by atoms with van der Waals surface area (Å²) in [7, 11) is 0. The molecule has 1 amide bonds. The summed E-state index contributed by atoms with van der Waals surface area (Å²) in [6, 6.07) is 29.8. The van der Waals surface area contributed by atoms with Gasteiger partial charge in [-0.1, -0.05) is 106 Å². The monoisotopic (exact) mass is 549 g/mol. The van der Waals surface area contributed by atoms with E-state index in [0.717, 1.165) is 38.5 Å². The minimum atomic E-state index is -0.817. The highest BCUT2D eigenvalue weighted by Crippen LogP contribution is 2.16. The van der Waals surface area contributed by atoms with Crippen molar-refractivity contribution in [2.45, 2.75) is 83.0 Å². The van der Waals surface area contributed by atoms with Crippen molar-refractivity contribution in [3.63, 3.8) is 0 Å². The first-order chi connectivity index (χ1) is 19.0. The number of aliphatic carboxylic acids is 1. The summed E-state index contributed by atoms with van der Waals surface area (Å²) in [5.41, 5.74) is 4.11. The van der Waals surface area contributed by atoms with Crippen LogP contribution in [0, 0.1) is 0 Å². The van der Waals surface area contributed by atoms with Crippen LogP contribution >= 0.6 is 11.8 Å². The Morgan fingerprint density at radius 3 is 1.79 bits per heavy atom. The molecule has 0 atom stereocenters. The number of carboxylic acids is 1. The number of benzene rings is 3. The molecule has 0 unspecified atom stereocenters. The van der Waals surface area contributed by atoms with Gasteiger partial charge in [0.15, 0.2) is 0 Å². The number of hydrogen-bond donors (Lipinski definition) is 2. The molecule has 3 aromatic rings. The van der Waals surface area contributed by atoms with Crippen molar-refractivity contribution in [1.82, 2.24) is 5.32 Å². The smallest absolute Gasteiger partial charge is 0.303 e. The molecule has 0 fully saturated rings. The molecule has 3 aromatic carbocycles. The normalized spacial score (nSPS) is 9.92. The number of carbonyl (C=O) groups is 2. The van der Waals surface area contributed by atoms with Crippen molar-refractivity contribution in [3.8, 4) is 0 Å². The van der Waals surface area contributed by atoms with E-state index < -0.39 is 5.97 Å². The Bertz CT molecular complexity index is 1010. The molecule has 5 heteroatoms. The highest BCUT2D eigenvalue weighted by atomic mass is 32.2. The van der Waals surface area contributed by atoms with Crippen LogP contribution in [0.2, 0.25) is 0 Å². The molecule has 0 bridgehead atoms. The van der Waals surface area contributed by atoms with E-state index in [0.29, 0.717) is 19.4 Å². The van der Waals surface area contributed by atoms with Crippen LogP contribution in [0.25, 0.3) is 0 Å². The molecule has 0 spiro atoms. The van der Waals surface area contributed by atoms with Crippen LogP contribution in [-0.4, -0.2) is 29.8 Å². The first kappa shape index (κ1) is 34.0. The first-order valence-corrected chi connectivity index (χ1v) is 15.4. The molecule has 39 heavy (non-hydrogen) atoms. The van der Waals surface area contributed by atoms with E-state index in [1.807, 2.05) is 6.07 Å². The zero-order valence-corrected chi connectivity index (χ0v) is 24.8. The molecular weight excluding hydrogens is 502 g/mol. The van der Waals surface area contributed by atoms with Crippen molar-refractivity contribution >= 4 is 23.6 Å². The summed E-state index contributed by atoms with van der Waals surface area (Å²) in [4.78, 5) is 23.1. The number of thioether (sulfide) groups is 1. The summed E-state index contributed by atoms with van der Waals surface area (Å²) in [6.45, 7) is 4.71. The third-order valence-corrected chi connectivity index (χ3v) is 6.51. The molecule has 0 aliphatic rings. The maximum atomic E-state index is 11.5. The Kier molecular flexibility index (Phi) is 19.9. The van der Waals surface area contributed by atoms with Crippen LogP contribution in [0.4, 0.5) is 0 Å². The van der Waals surface area contributed by atoms with Gasteiger partial charge in [0.05, 0.1) is 0 Å². The number of unbranched alkanes of at least 4 members (excludes halogenated alkanes) is 3. The van der Waals surface area contributed by atoms with E-state index >= 15 is 0 Å². The molecular formula is C34H47NO3S. The number of amides is 1. The van der Waals surface area contributed by atoms with Crippen molar-refractivity contribution in [2.75, 3.05) is 12.8 Å². The van der Waals surface area contributed by atoms with Gasteiger partial charge in [-0.3, -0.25) is 9.59 Å². The van der Waals surface area contributed by atoms with E-state index in [1.165, 1.54) is 28.0 Å². The summed E-state index contributed by atoms with van der Waals surface area (Å²) in [5.74, 6) is -0.786. The minimum Gasteiger partial charge on any atom is -0.481 e. The molecule has 0 saturated carbocycles. The summed E-state index contributed by atoms with van der Waals surface area (Å²) < 4.78 is 0. The highest BCUT2D eigenvalue weighted by molar-refractivity contribution is 7.98. The van der Waals surface area contributed by atoms with Gasteiger partial charge in [0.25, 0.3) is 0 Å². The lowest BCUT2D eigenvalue weighted by molar-refractivity contribution is -0.137. The second kappa shape index (κ2) is 22.9. The zero-order valence-electron chi connectivity index (χ0n) is 24.0. The third kappa shape index (κ3) is 18.8. The van der Waals surface area contributed by atoms with Crippen molar-refractivity contribution in [2.24, 2.45) is 0 Å². The van der Waals surface area contributed by atoms with Gasteiger partial charge in [-0.2, -0.15) is 0 Å². The molecule has 212 valence electrons. The number of carbonyl (C=O) groups excluding carboxylic acids is 1. The molecule has 0 saturated heterocycles. The SMILES string of the molecule is CCC.CSc1ccc(Cc2ccccc2)cc1.O=C(O)CCCNC(=O)CCCCCCc1ccccc1. The fourth-order valence-electron chi connectivity index (χ4n) is 3.74. The van der Waals surface area contributed by atoms with Gasteiger partial charge in [-0.05, 0) is 67.2 Å². The first-order valence-electron chi connectivity index (χ1n) is 14.2. The maximum Gasteiger partial charge on any atom is 0.303 e. The Morgan fingerprint density at radius 1 is 0.692 bits per heavy atom. The number of rotatable bonds is 14. The fourth-order valence-corrected chi connectivity index (χ4v) is 4.15. The number of nitrogens with one attached hydrogen (secondary N) is 1. The van der Waals surface area contributed by atoms with Gasteiger partial charge in [-0.25, -0.2) is 0 Å². The largest absolute Gasteiger partial charge is 0.481 e. The molecule has 0 radical (unpaired) electrons. The van der Waals surface area contributed by atoms with Crippen LogP contribution in [0.1, 0.15) is 81.9 Å². The maximum absolute atomic E-state index is 11.5. The third-order valence-electron chi connectivity index (χ3n) is 5.76. The molecule has 2 N–H and O–H groups in total. The van der Waals surface area contributed by atoms with Crippen LogP contribution < -0.4 is 5.32 Å². The van der Waals surface area contributed by atoms with Gasteiger partial charge in [0.2, 0.25) is 5.91 Å². The van der Waals surface area contributed by atoms with E-state index in [9.17, 15) is 9.59 Å². The number of aryl methyl sites for hydroxylation is 1. The predicted molar refractivity (Wildman–Crippen MR) is 167 cm³/mol. The Labute approximate surface area is 240 Å². The summed E-state index contributed by atoms with van der Waals surface area (Å²) in [5, 5.41) is 11.2. The van der Waals surface area contributed by atoms with Gasteiger partial charge < -0.3 is 10.4 Å². The van der Waals surface area contributed by atoms with Crippen LogP contribution in [0.15, 0.2) is 89.8 Å². The Hall–Kier alpha value is -3.05. The minimum absolute atomic E-state index is 0.0310. The molecule has 3 rings (SSSR count). The van der Waals surface area contributed by atoms with Crippen molar-refractivity contribution in [3.05, 3.63) is 102 Å². The van der Waals surface area contributed by atoms with Gasteiger partial charge in [0, 0.05) is 24.3 Å². The van der Waals surface area contributed by atoms with Crippen molar-refractivity contribution < 1.29 is 14.7 Å². The van der Waals surface area contributed by atoms with Gasteiger partial charge >= 0.3 is 5.97 Å². The number of carboxylic acid groups (broad SMARTS) is 1. The highest BCUT2D eigenvalue weighted by Gasteiger charge is 2.02. The van der Waals surface area contributed by atoms with E-state index in [4.69, 9.17) is 5.11 Å². The van der Waals surface area contributed by atoms with Crippen LogP contribution in [0.5, 0.6) is 0 Å². The van der Waals surface area contributed by atoms with Crippen molar-refractivity contribution in [1.29, 1.82) is 0 Å². The standard InChI is InChI=1S/C17H25NO3.C14H14S.C3H8/c19-16(18-14-8-13-17(20)21)12-7-2-1-4-9-15-10-5-3-6-11-15;1-15-14-9-7-13(8-10-14)11-12-5-3-2-4-6-12;1-3-2/h3,5-6,10-11H,1-2,4,7-9,12-14H2,(H,18,19)(H,20,21);2-10H,11H2,1H3;3H2,1-2H3. The topological polar surface area (TPSA) is 66.4 Å². The summed E-state index contributed by atoms with van der Waals surface area (Å²) >= 11 is 1.78. The predicted octanol–water partition coefficient (Wildman–Crippen LogP) is 8.58. The summed E-state index contributed by atoms with van der Waals surface area (Å²) in [6.07, 6.45) is 10.9. The Balaban J connectivity index is 0.000000368. The molecule has 0 aromatic heterocycles. The molecule has 0 aliphatic heterocycles. The zero-order chi connectivity index (χ0) is 28.6. The Morgan fingerprint density at radius 2 is 1.23 bits per heavy atom. The fraction of sp³-hybridized carbons (Fsp3) is 0.412. The quantitative estimate of drug-likeness (QED) is 0.156. The molecule has 0 heterocycles. The van der Waals surface area contributed by atoms with E-state index in [1.54, 1.807) is 11.8 Å². The van der Waals surface area contributed by atoms with E-state index in [2.05, 4.69) is 104 Å². The lowest BCUT2D eigenvalue weighted by atomic mass is 10.1. The lowest BCUT2D eigenvalue weighted by Gasteiger charge is -2.04. The molecule has 0 aliphatic carbocycles. The van der Waals surface area contributed by atoms with Gasteiger partial charge in [-0.15, -0.1) is 11.8 Å². The average molecular weight is 550 g/mol. The van der Waals surface area contributed by atoms with E-state index in [-0.39, 0.29) is 12.3 Å². The van der Waals surface area contributed by atoms with Gasteiger partial charge in [0.1, 0.15) is 0 Å². The lowest BCUT2D eigenvalue weighted by Crippen LogP contribution is -2.24. The van der Waals surface area contributed by atoms with Crippen LogP contribution in [0.3, 0.4) is 0 Å². The number of hydrogen-bond acceptors (Lipinski definition) is 3. The average Bonchev–Trinajstić information content (AvgIpc) is 2.95. The second-order valence-corrected chi connectivity index (χ2v) is 10.3. The van der Waals surface area contributed by atoms with Crippen LogP contribution in [-0.2, 0) is 22.4 Å². The second-order valence-electron chi connectivity index (χ2n) is 9.46.